The molecule has 1 aliphatic carbocycles. The van der Waals surface area contributed by atoms with Crippen LogP contribution < -0.4 is 14.8 Å². The minimum atomic E-state index is 0.375. The highest BCUT2D eigenvalue weighted by Gasteiger charge is 2.24. The third-order valence-electron chi connectivity index (χ3n) is 6.16. The maximum absolute atomic E-state index is 8.96. The number of nitrogens with one attached hydrogen (secondary N) is 1. The fourth-order valence-electron chi connectivity index (χ4n) is 4.71. The minimum Gasteiger partial charge on any atom is -0.493 e. The molecule has 1 aromatic carbocycles. The van der Waals surface area contributed by atoms with Gasteiger partial charge in [-0.25, -0.2) is 0 Å². The van der Waals surface area contributed by atoms with Gasteiger partial charge in [0, 0.05) is 48.4 Å². The van der Waals surface area contributed by atoms with Gasteiger partial charge >= 0.3 is 0 Å². The van der Waals surface area contributed by atoms with E-state index in [1.807, 2.05) is 6.07 Å². The van der Waals surface area contributed by atoms with Gasteiger partial charge < -0.3 is 19.7 Å². The Kier molecular flexibility index (Phi) is 6.05. The number of rotatable bonds is 6. The Labute approximate surface area is 172 Å². The Hall–Kier alpha value is -2.52. The molecule has 1 fully saturated rings. The van der Waals surface area contributed by atoms with Crippen LogP contribution in [-0.2, 0) is 12.8 Å². The number of hydrogen-bond donors (Lipinski definition) is 1. The van der Waals surface area contributed by atoms with E-state index in [-0.39, 0.29) is 0 Å². The summed E-state index contributed by atoms with van der Waals surface area (Å²) in [5.41, 5.74) is 4.75. The molecule has 1 aromatic heterocycles. The smallest absolute Gasteiger partial charge is 0.162 e. The summed E-state index contributed by atoms with van der Waals surface area (Å²) in [5.74, 6) is 1.45. The van der Waals surface area contributed by atoms with Crippen LogP contribution in [0.4, 0.5) is 5.69 Å². The Morgan fingerprint density at radius 2 is 2.00 bits per heavy atom. The molecule has 2 heterocycles. The van der Waals surface area contributed by atoms with Gasteiger partial charge in [0.15, 0.2) is 11.5 Å². The summed E-state index contributed by atoms with van der Waals surface area (Å²) in [7, 11) is 3.34. The highest BCUT2D eigenvalue weighted by molar-refractivity contribution is 5.96. The lowest BCUT2D eigenvalue weighted by molar-refractivity contribution is 0.284. The number of nitriles is 1. The lowest BCUT2D eigenvalue weighted by atomic mass is 10.0. The fourth-order valence-corrected chi connectivity index (χ4v) is 4.71. The zero-order valence-electron chi connectivity index (χ0n) is 17.5. The van der Waals surface area contributed by atoms with E-state index in [0.717, 1.165) is 62.0 Å². The number of aromatic nitrogens is 1. The van der Waals surface area contributed by atoms with Crippen LogP contribution in [0.2, 0.25) is 0 Å². The van der Waals surface area contributed by atoms with Gasteiger partial charge in [-0.1, -0.05) is 6.42 Å². The number of aryl methyl sites for hydroxylation is 1. The van der Waals surface area contributed by atoms with Crippen LogP contribution in [0, 0.1) is 11.3 Å². The van der Waals surface area contributed by atoms with Crippen molar-refractivity contribution in [1.82, 2.24) is 9.88 Å². The molecule has 0 unspecified atom stereocenters. The first kappa shape index (κ1) is 19.8. The van der Waals surface area contributed by atoms with Gasteiger partial charge in [0.2, 0.25) is 0 Å². The summed E-state index contributed by atoms with van der Waals surface area (Å²) in [4.78, 5) is 7.38. The van der Waals surface area contributed by atoms with Crippen LogP contribution in [0.15, 0.2) is 12.1 Å². The molecule has 1 saturated heterocycles. The average Bonchev–Trinajstić information content (AvgIpc) is 3.09. The van der Waals surface area contributed by atoms with E-state index in [0.29, 0.717) is 18.2 Å². The van der Waals surface area contributed by atoms with Crippen molar-refractivity contribution in [3.63, 3.8) is 0 Å². The summed E-state index contributed by atoms with van der Waals surface area (Å²) in [6.45, 7) is 2.92. The molecule has 1 aliphatic heterocycles. The number of nitrogens with zero attached hydrogens (tertiary/aromatic N) is 3. The summed E-state index contributed by atoms with van der Waals surface area (Å²) in [6.07, 6.45) is 7.41. The molecule has 1 N–H and O–H groups in total. The first-order valence-corrected chi connectivity index (χ1v) is 10.7. The highest BCUT2D eigenvalue weighted by Crippen LogP contribution is 2.40. The van der Waals surface area contributed by atoms with Crippen molar-refractivity contribution < 1.29 is 9.47 Å². The molecule has 154 valence electrons. The molecular formula is C23H30N4O2. The SMILES string of the molecule is COc1cc2nc3c(c(N[C@@H]4CCCCN(CCC#N)C4)c2cc1OC)CCC3. The summed E-state index contributed by atoms with van der Waals surface area (Å²) in [6, 6.07) is 6.71. The van der Waals surface area contributed by atoms with E-state index in [9.17, 15) is 0 Å². The molecule has 4 rings (SSSR count). The Balaban J connectivity index is 1.71. The van der Waals surface area contributed by atoms with Crippen LogP contribution in [-0.4, -0.2) is 49.8 Å². The number of hydrogen-bond acceptors (Lipinski definition) is 6. The molecule has 0 bridgehead atoms. The van der Waals surface area contributed by atoms with Gasteiger partial charge in [0.25, 0.3) is 0 Å². The van der Waals surface area contributed by atoms with Gasteiger partial charge in [-0.3, -0.25) is 4.98 Å². The number of likely N-dealkylation sites (tertiary alicyclic amines) is 1. The Bertz CT molecular complexity index is 921. The first-order chi connectivity index (χ1) is 14.2. The predicted octanol–water partition coefficient (Wildman–Crippen LogP) is 3.92. The summed E-state index contributed by atoms with van der Waals surface area (Å²) in [5, 5.41) is 14.0. The van der Waals surface area contributed by atoms with Crippen LogP contribution in [0.1, 0.15) is 43.4 Å². The second kappa shape index (κ2) is 8.87. The van der Waals surface area contributed by atoms with E-state index >= 15 is 0 Å². The van der Waals surface area contributed by atoms with Crippen LogP contribution in [0.5, 0.6) is 11.5 Å². The predicted molar refractivity (Wildman–Crippen MR) is 115 cm³/mol. The summed E-state index contributed by atoms with van der Waals surface area (Å²) < 4.78 is 11.1. The number of anilines is 1. The Morgan fingerprint density at radius 3 is 2.79 bits per heavy atom. The van der Waals surface area contributed by atoms with Crippen molar-refractivity contribution in [3.05, 3.63) is 23.4 Å². The number of benzene rings is 1. The quantitative estimate of drug-likeness (QED) is 0.801. The third-order valence-corrected chi connectivity index (χ3v) is 6.16. The van der Waals surface area contributed by atoms with Crippen LogP contribution in [0.3, 0.4) is 0 Å². The normalized spacial score (nSPS) is 19.4. The maximum Gasteiger partial charge on any atom is 0.162 e. The van der Waals surface area contributed by atoms with Crippen molar-refractivity contribution in [2.24, 2.45) is 0 Å². The Morgan fingerprint density at radius 1 is 1.17 bits per heavy atom. The zero-order chi connectivity index (χ0) is 20.2. The zero-order valence-corrected chi connectivity index (χ0v) is 17.5. The topological polar surface area (TPSA) is 70.4 Å². The molecule has 0 saturated carbocycles. The van der Waals surface area contributed by atoms with Crippen molar-refractivity contribution in [2.75, 3.05) is 39.2 Å². The molecule has 6 nitrogen and oxygen atoms in total. The van der Waals surface area contributed by atoms with Crippen molar-refractivity contribution >= 4 is 16.6 Å². The van der Waals surface area contributed by atoms with Gasteiger partial charge in [-0.15, -0.1) is 0 Å². The van der Waals surface area contributed by atoms with Gasteiger partial charge in [-0.05, 0) is 50.3 Å². The van der Waals surface area contributed by atoms with E-state index in [1.165, 1.54) is 29.8 Å². The van der Waals surface area contributed by atoms with Crippen LogP contribution in [0.25, 0.3) is 10.9 Å². The van der Waals surface area contributed by atoms with Gasteiger partial charge in [0.05, 0.1) is 25.8 Å². The number of pyridine rings is 1. The summed E-state index contributed by atoms with van der Waals surface area (Å²) >= 11 is 0. The molecule has 29 heavy (non-hydrogen) atoms. The van der Waals surface area contributed by atoms with Gasteiger partial charge in [0.1, 0.15) is 0 Å². The largest absolute Gasteiger partial charge is 0.493 e. The molecule has 2 aromatic rings. The van der Waals surface area contributed by atoms with Crippen molar-refractivity contribution in [2.45, 2.75) is 51.0 Å². The van der Waals surface area contributed by atoms with Crippen molar-refractivity contribution in [3.8, 4) is 17.6 Å². The number of methoxy groups -OCH3 is 2. The molecule has 2 aliphatic rings. The van der Waals surface area contributed by atoms with E-state index in [1.54, 1.807) is 14.2 Å². The molecule has 0 amide bonds. The lowest BCUT2D eigenvalue weighted by Crippen LogP contribution is -2.36. The third kappa shape index (κ3) is 4.11. The molecule has 0 spiro atoms. The number of fused-ring (bicyclic) bond motifs is 2. The monoisotopic (exact) mass is 394 g/mol. The van der Waals surface area contributed by atoms with Gasteiger partial charge in [-0.2, -0.15) is 5.26 Å². The maximum atomic E-state index is 8.96. The molecule has 0 radical (unpaired) electrons. The van der Waals surface area contributed by atoms with E-state index in [2.05, 4.69) is 22.4 Å². The van der Waals surface area contributed by atoms with E-state index < -0.39 is 0 Å². The standard InChI is InChI=1S/C23H30N4O2/c1-28-21-13-18-20(14-22(21)29-2)26-19-9-5-8-17(19)23(18)25-16-7-3-4-11-27(15-16)12-6-10-24/h13-14,16H,3-9,11-12,15H2,1-2H3,(H,25,26)/t16-/m1/s1. The minimum absolute atomic E-state index is 0.375. The molecular weight excluding hydrogens is 364 g/mol. The molecule has 6 heteroatoms. The average molecular weight is 395 g/mol. The number of ether oxygens (including phenoxy) is 2. The van der Waals surface area contributed by atoms with Crippen molar-refractivity contribution in [1.29, 1.82) is 5.26 Å². The second-order valence-electron chi connectivity index (χ2n) is 8.04. The fraction of sp³-hybridized carbons (Fsp3) is 0.565. The van der Waals surface area contributed by atoms with Crippen LogP contribution >= 0.6 is 0 Å². The second-order valence-corrected chi connectivity index (χ2v) is 8.04. The highest BCUT2D eigenvalue weighted by atomic mass is 16.5. The molecule has 1 atom stereocenters. The first-order valence-electron chi connectivity index (χ1n) is 10.7. The lowest BCUT2D eigenvalue weighted by Gasteiger charge is -2.26. The van der Waals surface area contributed by atoms with E-state index in [4.69, 9.17) is 19.7 Å².